The molecule has 0 spiro atoms. The maximum absolute atomic E-state index is 12.7. The van der Waals surface area contributed by atoms with Crippen LogP contribution in [0.2, 0.25) is 0 Å². The van der Waals surface area contributed by atoms with Crippen molar-refractivity contribution in [2.75, 3.05) is 7.11 Å². The van der Waals surface area contributed by atoms with Gasteiger partial charge in [-0.25, -0.2) is 4.79 Å². The number of fused-ring (bicyclic) bond motifs is 1. The molecule has 128 valence electrons. The predicted molar refractivity (Wildman–Crippen MR) is 92.6 cm³/mol. The first-order valence-corrected chi connectivity index (χ1v) is 7.77. The summed E-state index contributed by atoms with van der Waals surface area (Å²) in [4.78, 5) is 23.3. The Hall–Kier alpha value is -2.76. The zero-order valence-corrected chi connectivity index (χ0v) is 14.3. The van der Waals surface area contributed by atoms with E-state index in [0.29, 0.717) is 11.3 Å². The van der Waals surface area contributed by atoms with Gasteiger partial charge in [0, 0.05) is 35.3 Å². The van der Waals surface area contributed by atoms with Crippen LogP contribution in [0.5, 0.6) is 5.75 Å². The fraction of sp³-hybridized carbons (Fsp3) is 0.333. The van der Waals surface area contributed by atoms with Gasteiger partial charge in [-0.15, -0.1) is 0 Å². The van der Waals surface area contributed by atoms with E-state index in [1.54, 1.807) is 14.0 Å². The number of rotatable bonds is 6. The number of carboxylic acids is 1. The van der Waals surface area contributed by atoms with Crippen molar-refractivity contribution in [1.29, 1.82) is 0 Å². The van der Waals surface area contributed by atoms with E-state index in [4.69, 9.17) is 9.84 Å². The van der Waals surface area contributed by atoms with Crippen molar-refractivity contribution in [3.63, 3.8) is 0 Å². The Morgan fingerprint density at radius 3 is 2.71 bits per heavy atom. The Morgan fingerprint density at radius 2 is 2.12 bits per heavy atom. The minimum absolute atomic E-state index is 0.236. The number of hydrogen-bond donors (Lipinski definition) is 2. The van der Waals surface area contributed by atoms with Crippen LogP contribution in [0, 0.1) is 6.92 Å². The van der Waals surface area contributed by atoms with Gasteiger partial charge in [-0.05, 0) is 39.0 Å². The lowest BCUT2D eigenvalue weighted by molar-refractivity contribution is -0.131. The van der Waals surface area contributed by atoms with E-state index in [2.05, 4.69) is 9.88 Å². The summed E-state index contributed by atoms with van der Waals surface area (Å²) in [5, 5.41) is 12.3. The standard InChI is InChI=1S/C18H22N2O4/c1-5-20-12(3)17(14-10-13(24-4)7-8-15(14)20)18(23)19-11(2)6-9-16(21)22/h6-11H,5H2,1-4H3,(H,19,23)(H,21,22)/b9-6+. The van der Waals surface area contributed by atoms with Crippen LogP contribution in [0.3, 0.4) is 0 Å². The van der Waals surface area contributed by atoms with Crippen molar-refractivity contribution < 1.29 is 19.4 Å². The third-order valence-electron chi connectivity index (χ3n) is 3.96. The summed E-state index contributed by atoms with van der Waals surface area (Å²) < 4.78 is 7.34. The monoisotopic (exact) mass is 330 g/mol. The van der Waals surface area contributed by atoms with Crippen LogP contribution in [-0.4, -0.2) is 34.7 Å². The molecule has 1 aromatic carbocycles. The lowest BCUT2D eigenvalue weighted by Crippen LogP contribution is -2.31. The summed E-state index contributed by atoms with van der Waals surface area (Å²) in [5.41, 5.74) is 2.42. The minimum Gasteiger partial charge on any atom is -0.497 e. The zero-order valence-electron chi connectivity index (χ0n) is 14.3. The van der Waals surface area contributed by atoms with Gasteiger partial charge in [0.05, 0.1) is 12.7 Å². The molecule has 0 saturated heterocycles. The molecule has 1 unspecified atom stereocenters. The molecule has 0 aliphatic rings. The molecule has 0 aliphatic carbocycles. The number of ether oxygens (including phenoxy) is 1. The summed E-state index contributed by atoms with van der Waals surface area (Å²) >= 11 is 0. The van der Waals surface area contributed by atoms with Gasteiger partial charge >= 0.3 is 5.97 Å². The Morgan fingerprint density at radius 1 is 1.42 bits per heavy atom. The maximum Gasteiger partial charge on any atom is 0.328 e. The Kier molecular flexibility index (Phi) is 5.28. The molecule has 2 aromatic rings. The van der Waals surface area contributed by atoms with Crippen LogP contribution >= 0.6 is 0 Å². The minimum atomic E-state index is -1.04. The van der Waals surface area contributed by atoms with Crippen LogP contribution in [0.4, 0.5) is 0 Å². The first-order valence-electron chi connectivity index (χ1n) is 7.77. The van der Waals surface area contributed by atoms with Crippen LogP contribution in [0.15, 0.2) is 30.4 Å². The number of carbonyl (C=O) groups excluding carboxylic acids is 1. The highest BCUT2D eigenvalue weighted by atomic mass is 16.5. The fourth-order valence-electron chi connectivity index (χ4n) is 2.84. The second-order valence-corrected chi connectivity index (χ2v) is 5.55. The summed E-state index contributed by atoms with van der Waals surface area (Å²) in [6, 6.07) is 5.27. The number of carboxylic acid groups (broad SMARTS) is 1. The van der Waals surface area contributed by atoms with Crippen LogP contribution in [0.1, 0.15) is 29.9 Å². The molecule has 1 heterocycles. The van der Waals surface area contributed by atoms with Gasteiger partial charge in [-0.2, -0.15) is 0 Å². The number of carbonyl (C=O) groups is 2. The molecule has 2 N–H and O–H groups in total. The van der Waals surface area contributed by atoms with Gasteiger partial charge in [-0.1, -0.05) is 6.08 Å². The van der Waals surface area contributed by atoms with Gasteiger partial charge < -0.3 is 19.7 Å². The molecule has 1 atom stereocenters. The van der Waals surface area contributed by atoms with E-state index in [1.165, 1.54) is 6.08 Å². The maximum atomic E-state index is 12.7. The number of amides is 1. The molecule has 24 heavy (non-hydrogen) atoms. The van der Waals surface area contributed by atoms with Crippen LogP contribution in [0.25, 0.3) is 10.9 Å². The number of aryl methyl sites for hydroxylation is 1. The van der Waals surface area contributed by atoms with Crippen molar-refractivity contribution in [3.8, 4) is 5.75 Å². The predicted octanol–water partition coefficient (Wildman–Crippen LogP) is 2.74. The number of aromatic nitrogens is 1. The van der Waals surface area contributed by atoms with Crippen LogP contribution in [-0.2, 0) is 11.3 Å². The van der Waals surface area contributed by atoms with E-state index in [1.807, 2.05) is 32.0 Å². The van der Waals surface area contributed by atoms with E-state index >= 15 is 0 Å². The molecule has 0 aliphatic heterocycles. The summed E-state index contributed by atoms with van der Waals surface area (Å²) in [7, 11) is 1.59. The highest BCUT2D eigenvalue weighted by molar-refractivity contribution is 6.09. The SMILES string of the molecule is CCn1c(C)c(C(=O)NC(C)/C=C/C(=O)O)c2cc(OC)ccc21. The number of aliphatic carboxylic acids is 1. The molecule has 1 amide bonds. The van der Waals surface area contributed by atoms with Gasteiger partial charge in [0.1, 0.15) is 5.75 Å². The highest BCUT2D eigenvalue weighted by Gasteiger charge is 2.20. The number of benzene rings is 1. The zero-order chi connectivity index (χ0) is 17.9. The number of methoxy groups -OCH3 is 1. The smallest absolute Gasteiger partial charge is 0.328 e. The molecule has 6 nitrogen and oxygen atoms in total. The normalized spacial score (nSPS) is 12.5. The lowest BCUT2D eigenvalue weighted by Gasteiger charge is -2.10. The third-order valence-corrected chi connectivity index (χ3v) is 3.96. The number of nitrogens with one attached hydrogen (secondary N) is 1. The van der Waals surface area contributed by atoms with Crippen LogP contribution < -0.4 is 10.1 Å². The molecule has 1 aromatic heterocycles. The third kappa shape index (κ3) is 3.42. The van der Waals surface area contributed by atoms with Gasteiger partial charge in [-0.3, -0.25) is 4.79 Å². The molecule has 0 fully saturated rings. The number of hydrogen-bond acceptors (Lipinski definition) is 3. The largest absolute Gasteiger partial charge is 0.497 e. The fourth-order valence-corrected chi connectivity index (χ4v) is 2.84. The molecular weight excluding hydrogens is 308 g/mol. The molecule has 0 saturated carbocycles. The van der Waals surface area contributed by atoms with E-state index < -0.39 is 12.0 Å². The van der Waals surface area contributed by atoms with Gasteiger partial charge in [0.25, 0.3) is 5.91 Å². The second kappa shape index (κ2) is 7.21. The van der Waals surface area contributed by atoms with Gasteiger partial charge in [0.15, 0.2) is 0 Å². The summed E-state index contributed by atoms with van der Waals surface area (Å²) in [6.07, 6.45) is 2.46. The van der Waals surface area contributed by atoms with Gasteiger partial charge in [0.2, 0.25) is 0 Å². The Bertz CT molecular complexity index is 805. The Balaban J connectivity index is 2.44. The van der Waals surface area contributed by atoms with Crippen molar-refractivity contribution in [2.24, 2.45) is 0 Å². The van der Waals surface area contributed by atoms with Crippen molar-refractivity contribution in [2.45, 2.75) is 33.4 Å². The van der Waals surface area contributed by atoms with E-state index in [9.17, 15) is 9.59 Å². The quantitative estimate of drug-likeness (QED) is 0.798. The van der Waals surface area contributed by atoms with Crippen molar-refractivity contribution in [1.82, 2.24) is 9.88 Å². The molecule has 2 rings (SSSR count). The van der Waals surface area contributed by atoms with Crippen molar-refractivity contribution >= 4 is 22.8 Å². The summed E-state index contributed by atoms with van der Waals surface area (Å²) in [6.45, 7) is 6.40. The first kappa shape index (κ1) is 17.6. The second-order valence-electron chi connectivity index (χ2n) is 5.55. The topological polar surface area (TPSA) is 80.6 Å². The molecule has 0 radical (unpaired) electrons. The lowest BCUT2D eigenvalue weighted by atomic mass is 10.1. The summed E-state index contributed by atoms with van der Waals surface area (Å²) in [5.74, 6) is -0.594. The Labute approximate surface area is 140 Å². The average molecular weight is 330 g/mol. The average Bonchev–Trinajstić information content (AvgIpc) is 2.83. The first-order chi connectivity index (χ1) is 11.4. The van der Waals surface area contributed by atoms with E-state index in [0.717, 1.165) is 29.2 Å². The molecular formula is C18H22N2O4. The van der Waals surface area contributed by atoms with Crippen molar-refractivity contribution in [3.05, 3.63) is 41.6 Å². The van der Waals surface area contributed by atoms with E-state index in [-0.39, 0.29) is 5.91 Å². The molecule has 6 heteroatoms. The number of nitrogens with zero attached hydrogens (tertiary/aromatic N) is 1. The highest BCUT2D eigenvalue weighted by Crippen LogP contribution is 2.29. The molecule has 0 bridgehead atoms.